The van der Waals surface area contributed by atoms with Crippen molar-refractivity contribution in [3.63, 3.8) is 0 Å². The van der Waals surface area contributed by atoms with Crippen molar-refractivity contribution in [2.24, 2.45) is 0 Å². The zero-order valence-corrected chi connectivity index (χ0v) is 12.3. The molecule has 1 saturated heterocycles. The molecule has 0 amide bonds. The van der Waals surface area contributed by atoms with E-state index in [1.54, 1.807) is 0 Å². The first kappa shape index (κ1) is 17.2. The van der Waals surface area contributed by atoms with Crippen LogP contribution in [0.3, 0.4) is 0 Å². The normalized spacial score (nSPS) is 21.8. The van der Waals surface area contributed by atoms with Gasteiger partial charge >= 0.3 is 6.18 Å². The van der Waals surface area contributed by atoms with Crippen molar-refractivity contribution < 1.29 is 27.8 Å². The average Bonchev–Trinajstić information content (AvgIpc) is 2.47. The summed E-state index contributed by atoms with van der Waals surface area (Å²) in [5, 5.41) is 9.75. The van der Waals surface area contributed by atoms with Gasteiger partial charge in [0, 0.05) is 26.7 Å². The topological polar surface area (TPSA) is 41.9 Å². The molecule has 0 bridgehead atoms. The number of aliphatic hydroxyl groups is 1. The van der Waals surface area contributed by atoms with Crippen LogP contribution in [0.4, 0.5) is 13.2 Å². The Bertz CT molecular complexity index is 464. The van der Waals surface area contributed by atoms with Gasteiger partial charge in [0.15, 0.2) is 0 Å². The first-order valence-electron chi connectivity index (χ1n) is 7.08. The van der Waals surface area contributed by atoms with Crippen LogP contribution in [0.15, 0.2) is 24.3 Å². The highest BCUT2D eigenvalue weighted by atomic mass is 19.4. The lowest BCUT2D eigenvalue weighted by atomic mass is 10.0. The summed E-state index contributed by atoms with van der Waals surface area (Å²) in [6.45, 7) is 2.39. The molecule has 0 radical (unpaired) electrons. The van der Waals surface area contributed by atoms with Crippen LogP contribution < -0.4 is 0 Å². The Labute approximate surface area is 127 Å². The molecule has 2 rings (SSSR count). The maximum atomic E-state index is 12.6. The first-order chi connectivity index (χ1) is 10.4. The molecule has 1 N–H and O–H groups in total. The largest absolute Gasteiger partial charge is 0.416 e. The molecular formula is C15H20F3NO3. The van der Waals surface area contributed by atoms with Crippen LogP contribution in [0.25, 0.3) is 0 Å². The van der Waals surface area contributed by atoms with Gasteiger partial charge in [0.2, 0.25) is 0 Å². The minimum atomic E-state index is -4.33. The van der Waals surface area contributed by atoms with Gasteiger partial charge in [0.1, 0.15) is 0 Å². The smallest absolute Gasteiger partial charge is 0.389 e. The summed E-state index contributed by atoms with van der Waals surface area (Å²) in [4.78, 5) is 2.02. The molecule has 22 heavy (non-hydrogen) atoms. The first-order valence-corrected chi connectivity index (χ1v) is 7.08. The monoisotopic (exact) mass is 319 g/mol. The fraction of sp³-hybridized carbons (Fsp3) is 0.600. The summed E-state index contributed by atoms with van der Waals surface area (Å²) in [7, 11) is 1.52. The Hall–Kier alpha value is -1.15. The lowest BCUT2D eigenvalue weighted by Gasteiger charge is -2.34. The fourth-order valence-corrected chi connectivity index (χ4v) is 2.50. The number of methoxy groups -OCH3 is 1. The van der Waals surface area contributed by atoms with E-state index in [1.165, 1.54) is 19.2 Å². The number of nitrogens with zero attached hydrogens (tertiary/aromatic N) is 1. The molecule has 1 heterocycles. The van der Waals surface area contributed by atoms with Crippen molar-refractivity contribution in [2.75, 3.05) is 40.0 Å². The molecule has 1 fully saturated rings. The van der Waals surface area contributed by atoms with Crippen LogP contribution in [0.5, 0.6) is 0 Å². The average molecular weight is 319 g/mol. The van der Waals surface area contributed by atoms with Crippen LogP contribution in [0, 0.1) is 0 Å². The molecule has 124 valence electrons. The number of ether oxygens (including phenoxy) is 2. The quantitative estimate of drug-likeness (QED) is 0.902. The summed E-state index contributed by atoms with van der Waals surface area (Å²) in [6.07, 6.45) is -5.20. The fourth-order valence-electron chi connectivity index (χ4n) is 2.50. The second kappa shape index (κ2) is 7.41. The number of morpholine rings is 1. The van der Waals surface area contributed by atoms with E-state index < -0.39 is 17.8 Å². The second-order valence-corrected chi connectivity index (χ2v) is 5.35. The minimum absolute atomic E-state index is 0.252. The van der Waals surface area contributed by atoms with E-state index >= 15 is 0 Å². The van der Waals surface area contributed by atoms with Crippen LogP contribution in [0.1, 0.15) is 17.2 Å². The molecule has 1 aromatic carbocycles. The zero-order chi connectivity index (χ0) is 16.2. The maximum Gasteiger partial charge on any atom is 0.416 e. The van der Waals surface area contributed by atoms with Crippen LogP contribution in [-0.4, -0.2) is 56.1 Å². The number of hydrogen-bond donors (Lipinski definition) is 1. The van der Waals surface area contributed by atoms with Gasteiger partial charge in [0.25, 0.3) is 0 Å². The van der Waals surface area contributed by atoms with E-state index in [2.05, 4.69) is 0 Å². The number of β-amino-alcohol motifs (C(OH)–C–C–N with tert-alkyl or cyclic N) is 1. The van der Waals surface area contributed by atoms with E-state index in [9.17, 15) is 18.3 Å². The summed E-state index contributed by atoms with van der Waals surface area (Å²) in [6, 6.07) is 5.03. The van der Waals surface area contributed by atoms with Crippen molar-refractivity contribution in [3.8, 4) is 0 Å². The van der Waals surface area contributed by atoms with Crippen molar-refractivity contribution in [1.82, 2.24) is 4.90 Å². The number of benzene rings is 1. The number of aliphatic hydroxyl groups excluding tert-OH is 1. The van der Waals surface area contributed by atoms with E-state index in [0.29, 0.717) is 31.8 Å². The Morgan fingerprint density at radius 2 is 2.05 bits per heavy atom. The number of alkyl halides is 3. The van der Waals surface area contributed by atoms with Crippen LogP contribution in [0.2, 0.25) is 0 Å². The lowest BCUT2D eigenvalue weighted by molar-refractivity contribution is -0.137. The molecule has 7 heteroatoms. The van der Waals surface area contributed by atoms with Gasteiger partial charge in [-0.3, -0.25) is 4.90 Å². The maximum absolute atomic E-state index is 12.6. The van der Waals surface area contributed by atoms with Crippen molar-refractivity contribution >= 4 is 0 Å². The van der Waals surface area contributed by atoms with Crippen molar-refractivity contribution in [1.29, 1.82) is 0 Å². The standard InChI is InChI=1S/C15H20F3NO3/c1-21-10-13(20)8-19-6-7-22-14(9-19)11-2-4-12(5-3-11)15(16,17)18/h2-5,13-14,20H,6-10H2,1H3/t13-,14?/m1/s1. The molecule has 1 aromatic rings. The van der Waals surface area contributed by atoms with E-state index in [4.69, 9.17) is 9.47 Å². The SMILES string of the molecule is COC[C@H](O)CN1CCOC(c2ccc(C(F)(F)F)cc2)C1. The molecule has 0 aliphatic carbocycles. The van der Waals surface area contributed by atoms with E-state index in [-0.39, 0.29) is 12.7 Å². The second-order valence-electron chi connectivity index (χ2n) is 5.35. The molecular weight excluding hydrogens is 299 g/mol. The molecule has 4 nitrogen and oxygen atoms in total. The van der Waals surface area contributed by atoms with E-state index in [0.717, 1.165) is 12.1 Å². The van der Waals surface area contributed by atoms with Gasteiger partial charge in [-0.2, -0.15) is 13.2 Å². The highest BCUT2D eigenvalue weighted by Gasteiger charge is 2.31. The van der Waals surface area contributed by atoms with Crippen LogP contribution >= 0.6 is 0 Å². The van der Waals surface area contributed by atoms with Gasteiger partial charge in [0.05, 0.1) is 31.0 Å². The van der Waals surface area contributed by atoms with E-state index in [1.807, 2.05) is 4.90 Å². The predicted molar refractivity (Wildman–Crippen MR) is 74.5 cm³/mol. The molecule has 2 atom stereocenters. The predicted octanol–water partition coefficient (Wildman–Crippen LogP) is 2.09. The number of halogens is 3. The van der Waals surface area contributed by atoms with Gasteiger partial charge in [-0.15, -0.1) is 0 Å². The molecule has 0 aromatic heterocycles. The van der Waals surface area contributed by atoms with Gasteiger partial charge < -0.3 is 14.6 Å². The third kappa shape index (κ3) is 4.67. The van der Waals surface area contributed by atoms with Gasteiger partial charge in [-0.05, 0) is 17.7 Å². The Morgan fingerprint density at radius 1 is 1.36 bits per heavy atom. The Morgan fingerprint density at radius 3 is 2.64 bits per heavy atom. The highest BCUT2D eigenvalue weighted by Crippen LogP contribution is 2.31. The Kier molecular flexibility index (Phi) is 5.80. The third-order valence-corrected chi connectivity index (χ3v) is 3.59. The molecule has 1 unspecified atom stereocenters. The third-order valence-electron chi connectivity index (χ3n) is 3.59. The molecule has 0 saturated carbocycles. The number of rotatable bonds is 5. The summed E-state index contributed by atoms with van der Waals surface area (Å²) in [5.74, 6) is 0. The lowest BCUT2D eigenvalue weighted by Crippen LogP contribution is -2.43. The molecule has 0 spiro atoms. The highest BCUT2D eigenvalue weighted by molar-refractivity contribution is 5.26. The Balaban J connectivity index is 1.97. The molecule has 1 aliphatic heterocycles. The zero-order valence-electron chi connectivity index (χ0n) is 12.3. The summed E-state index contributed by atoms with van der Waals surface area (Å²) < 4.78 is 48.2. The minimum Gasteiger partial charge on any atom is -0.389 e. The van der Waals surface area contributed by atoms with Crippen molar-refractivity contribution in [3.05, 3.63) is 35.4 Å². The van der Waals surface area contributed by atoms with Gasteiger partial charge in [-0.1, -0.05) is 12.1 Å². The summed E-state index contributed by atoms with van der Waals surface area (Å²) >= 11 is 0. The van der Waals surface area contributed by atoms with Crippen LogP contribution in [-0.2, 0) is 15.7 Å². The number of hydrogen-bond acceptors (Lipinski definition) is 4. The van der Waals surface area contributed by atoms with Gasteiger partial charge in [-0.25, -0.2) is 0 Å². The van der Waals surface area contributed by atoms with Crippen molar-refractivity contribution in [2.45, 2.75) is 18.4 Å². The summed E-state index contributed by atoms with van der Waals surface area (Å²) in [5.41, 5.74) is 0.0402. The molecule has 1 aliphatic rings.